The van der Waals surface area contributed by atoms with Crippen molar-refractivity contribution in [2.75, 3.05) is 6.61 Å². The molecular formula is C30H48O3. The molecule has 0 spiro atoms. The van der Waals surface area contributed by atoms with Crippen LogP contribution in [0, 0.1) is 17.8 Å². The second-order valence-corrected chi connectivity index (χ2v) is 10.7. The average molecular weight is 457 g/mol. The monoisotopic (exact) mass is 456 g/mol. The molecule has 0 saturated heterocycles. The predicted molar refractivity (Wildman–Crippen MR) is 137 cm³/mol. The Morgan fingerprint density at radius 2 is 1.45 bits per heavy atom. The predicted octanol–water partition coefficient (Wildman–Crippen LogP) is 8.75. The third-order valence-corrected chi connectivity index (χ3v) is 8.09. The molecule has 0 heterocycles. The number of hydrogen-bond donors (Lipinski definition) is 0. The summed E-state index contributed by atoms with van der Waals surface area (Å²) in [6.45, 7) is 5.31. The average Bonchev–Trinajstić information content (AvgIpc) is 2.84. The number of benzene rings is 1. The molecule has 0 radical (unpaired) electrons. The van der Waals surface area contributed by atoms with E-state index in [-0.39, 0.29) is 12.1 Å². The molecule has 0 aromatic heterocycles. The van der Waals surface area contributed by atoms with E-state index in [1.54, 1.807) is 0 Å². The van der Waals surface area contributed by atoms with Gasteiger partial charge in [-0.3, -0.25) is 0 Å². The highest BCUT2D eigenvalue weighted by atomic mass is 16.5. The Hall–Kier alpha value is -1.51. The maximum absolute atomic E-state index is 12.5. The van der Waals surface area contributed by atoms with Crippen LogP contribution in [0.2, 0.25) is 0 Å². The molecular weight excluding hydrogens is 408 g/mol. The summed E-state index contributed by atoms with van der Waals surface area (Å²) in [7, 11) is 0. The van der Waals surface area contributed by atoms with E-state index in [1.807, 2.05) is 24.3 Å². The maximum atomic E-state index is 12.5. The molecule has 1 aromatic rings. The molecule has 3 nitrogen and oxygen atoms in total. The van der Waals surface area contributed by atoms with Crippen LogP contribution in [-0.4, -0.2) is 18.7 Å². The highest BCUT2D eigenvalue weighted by Gasteiger charge is 2.25. The topological polar surface area (TPSA) is 35.5 Å². The Balaban J connectivity index is 1.34. The van der Waals surface area contributed by atoms with Crippen molar-refractivity contribution in [1.82, 2.24) is 0 Å². The summed E-state index contributed by atoms with van der Waals surface area (Å²) in [5.41, 5.74) is 0.634. The third-order valence-electron chi connectivity index (χ3n) is 8.09. The van der Waals surface area contributed by atoms with Crippen molar-refractivity contribution < 1.29 is 14.3 Å². The molecule has 2 aliphatic carbocycles. The first kappa shape index (κ1) is 26.1. The van der Waals surface area contributed by atoms with Gasteiger partial charge in [0.15, 0.2) is 0 Å². The second kappa shape index (κ2) is 14.7. The van der Waals surface area contributed by atoms with Gasteiger partial charge in [-0.05, 0) is 80.5 Å². The van der Waals surface area contributed by atoms with Crippen molar-refractivity contribution in [3.05, 3.63) is 29.8 Å². The number of unbranched alkanes of at least 4 members (excludes halogenated alkanes) is 2. The standard InChI is InChI=1S/C30H48O3/c1-3-5-6-11-25-12-7-8-13-26(25)14-9-23-32-28-21-17-27(18-22-28)30(31)33-29-19-15-24(10-4-2)16-20-29/h17-18,21-22,24-26,29H,3-16,19-20,23H2,1-2H3. The molecule has 3 rings (SSSR count). The van der Waals surface area contributed by atoms with Gasteiger partial charge in [0.25, 0.3) is 0 Å². The van der Waals surface area contributed by atoms with Gasteiger partial charge < -0.3 is 9.47 Å². The lowest BCUT2D eigenvalue weighted by Gasteiger charge is -2.31. The van der Waals surface area contributed by atoms with Gasteiger partial charge in [-0.15, -0.1) is 0 Å². The number of ether oxygens (including phenoxy) is 2. The minimum atomic E-state index is -0.188. The molecule has 2 atom stereocenters. The fourth-order valence-corrected chi connectivity index (χ4v) is 6.09. The molecule has 2 saturated carbocycles. The summed E-state index contributed by atoms with van der Waals surface area (Å²) in [5, 5.41) is 0. The van der Waals surface area contributed by atoms with Crippen LogP contribution in [0.5, 0.6) is 5.75 Å². The van der Waals surface area contributed by atoms with Gasteiger partial charge in [0.1, 0.15) is 11.9 Å². The number of carbonyl (C=O) groups is 1. The lowest BCUT2D eigenvalue weighted by Crippen LogP contribution is -2.24. The quantitative estimate of drug-likeness (QED) is 0.220. The Kier molecular flexibility index (Phi) is 11.6. The second-order valence-electron chi connectivity index (χ2n) is 10.7. The van der Waals surface area contributed by atoms with Crippen molar-refractivity contribution in [1.29, 1.82) is 0 Å². The number of carbonyl (C=O) groups excluding carboxylic acids is 1. The number of rotatable bonds is 13. The minimum absolute atomic E-state index is 0.0899. The van der Waals surface area contributed by atoms with Gasteiger partial charge in [-0.1, -0.05) is 78.1 Å². The number of esters is 1. The first-order valence-corrected chi connectivity index (χ1v) is 14.1. The Labute approximate surface area is 203 Å². The van der Waals surface area contributed by atoms with Crippen LogP contribution < -0.4 is 4.74 Å². The van der Waals surface area contributed by atoms with Gasteiger partial charge >= 0.3 is 5.97 Å². The number of hydrogen-bond acceptors (Lipinski definition) is 3. The molecule has 33 heavy (non-hydrogen) atoms. The Morgan fingerprint density at radius 1 is 0.788 bits per heavy atom. The molecule has 0 aliphatic heterocycles. The Bertz CT molecular complexity index is 660. The lowest BCUT2D eigenvalue weighted by atomic mass is 9.74. The summed E-state index contributed by atoms with van der Waals surface area (Å²) in [4.78, 5) is 12.5. The van der Waals surface area contributed by atoms with E-state index >= 15 is 0 Å². The molecule has 2 fully saturated rings. The summed E-state index contributed by atoms with van der Waals surface area (Å²) in [6, 6.07) is 7.54. The van der Waals surface area contributed by atoms with E-state index in [1.165, 1.54) is 83.5 Å². The van der Waals surface area contributed by atoms with Gasteiger partial charge in [0, 0.05) is 0 Å². The molecule has 186 valence electrons. The highest BCUT2D eigenvalue weighted by molar-refractivity contribution is 5.89. The van der Waals surface area contributed by atoms with E-state index in [0.717, 1.165) is 49.4 Å². The van der Waals surface area contributed by atoms with Crippen molar-refractivity contribution in [2.45, 2.75) is 123 Å². The summed E-state index contributed by atoms with van der Waals surface area (Å²) in [5.74, 6) is 3.33. The summed E-state index contributed by atoms with van der Waals surface area (Å²) >= 11 is 0. The lowest BCUT2D eigenvalue weighted by molar-refractivity contribution is 0.0161. The van der Waals surface area contributed by atoms with E-state index in [9.17, 15) is 4.79 Å². The molecule has 3 heteroatoms. The van der Waals surface area contributed by atoms with Crippen LogP contribution in [0.25, 0.3) is 0 Å². The minimum Gasteiger partial charge on any atom is -0.494 e. The molecule has 2 aliphatic rings. The smallest absolute Gasteiger partial charge is 0.338 e. The van der Waals surface area contributed by atoms with E-state index in [4.69, 9.17) is 9.47 Å². The summed E-state index contributed by atoms with van der Waals surface area (Å²) in [6.07, 6.45) is 20.7. The maximum Gasteiger partial charge on any atom is 0.338 e. The van der Waals surface area contributed by atoms with Gasteiger partial charge in [-0.25, -0.2) is 4.79 Å². The van der Waals surface area contributed by atoms with Gasteiger partial charge in [-0.2, -0.15) is 0 Å². The highest BCUT2D eigenvalue weighted by Crippen LogP contribution is 2.36. The molecule has 1 aromatic carbocycles. The SMILES string of the molecule is CCCCCC1CCCCC1CCCOc1ccc(C(=O)OC2CCC(CCC)CC2)cc1. The molecule has 2 unspecified atom stereocenters. The van der Waals surface area contributed by atoms with E-state index < -0.39 is 0 Å². The molecule has 0 N–H and O–H groups in total. The first-order valence-electron chi connectivity index (χ1n) is 14.1. The van der Waals surface area contributed by atoms with Crippen LogP contribution in [0.3, 0.4) is 0 Å². The zero-order valence-corrected chi connectivity index (χ0v) is 21.4. The van der Waals surface area contributed by atoms with Crippen LogP contribution >= 0.6 is 0 Å². The van der Waals surface area contributed by atoms with Crippen LogP contribution in [0.4, 0.5) is 0 Å². The summed E-state index contributed by atoms with van der Waals surface area (Å²) < 4.78 is 11.8. The molecule has 0 bridgehead atoms. The Morgan fingerprint density at radius 3 is 2.09 bits per heavy atom. The normalized spacial score (nSPS) is 25.5. The zero-order chi connectivity index (χ0) is 23.3. The van der Waals surface area contributed by atoms with E-state index in [2.05, 4.69) is 13.8 Å². The van der Waals surface area contributed by atoms with Crippen LogP contribution in [0.1, 0.15) is 127 Å². The third kappa shape index (κ3) is 8.98. The van der Waals surface area contributed by atoms with Crippen molar-refractivity contribution in [3.8, 4) is 5.75 Å². The fourth-order valence-electron chi connectivity index (χ4n) is 6.09. The largest absolute Gasteiger partial charge is 0.494 e. The van der Waals surface area contributed by atoms with Crippen LogP contribution in [-0.2, 0) is 4.74 Å². The first-order chi connectivity index (χ1) is 16.2. The van der Waals surface area contributed by atoms with Gasteiger partial charge in [0.2, 0.25) is 0 Å². The van der Waals surface area contributed by atoms with Gasteiger partial charge in [0.05, 0.1) is 12.2 Å². The zero-order valence-electron chi connectivity index (χ0n) is 21.4. The van der Waals surface area contributed by atoms with Crippen molar-refractivity contribution in [2.24, 2.45) is 17.8 Å². The van der Waals surface area contributed by atoms with E-state index in [0.29, 0.717) is 5.56 Å². The molecule has 0 amide bonds. The van der Waals surface area contributed by atoms with Crippen molar-refractivity contribution >= 4 is 5.97 Å². The van der Waals surface area contributed by atoms with Crippen molar-refractivity contribution in [3.63, 3.8) is 0 Å². The fraction of sp³-hybridized carbons (Fsp3) is 0.767. The van der Waals surface area contributed by atoms with Crippen LogP contribution in [0.15, 0.2) is 24.3 Å².